The number of ether oxygens (including phenoxy) is 1. The molecule has 0 radical (unpaired) electrons. The zero-order valence-corrected chi connectivity index (χ0v) is 21.3. The first kappa shape index (κ1) is 24.9. The van der Waals surface area contributed by atoms with E-state index in [1.54, 1.807) is 18.3 Å². The number of benzene rings is 2. The molecular formula is C26H26N2O5S2. The minimum atomic E-state index is -3.92. The number of carboxylic acid groups (broad SMARTS) is 1. The number of aromatic nitrogens is 1. The minimum Gasteiger partial charge on any atom is -0.490 e. The largest absolute Gasteiger partial charge is 0.490 e. The van der Waals surface area contributed by atoms with Gasteiger partial charge in [0.05, 0.1) is 16.5 Å². The molecule has 1 aliphatic rings. The average Bonchev–Trinajstić information content (AvgIpc) is 3.41. The fourth-order valence-electron chi connectivity index (χ4n) is 4.21. The van der Waals surface area contributed by atoms with Crippen LogP contribution in [0.1, 0.15) is 49.9 Å². The van der Waals surface area contributed by atoms with Gasteiger partial charge in [0.15, 0.2) is 5.75 Å². The van der Waals surface area contributed by atoms with Crippen LogP contribution in [-0.2, 0) is 21.2 Å². The molecule has 9 heteroatoms. The van der Waals surface area contributed by atoms with Gasteiger partial charge in [0, 0.05) is 17.8 Å². The van der Waals surface area contributed by atoms with Crippen molar-refractivity contribution in [3.05, 3.63) is 59.3 Å². The highest BCUT2D eigenvalue weighted by molar-refractivity contribution is 7.90. The Morgan fingerprint density at radius 3 is 2.83 bits per heavy atom. The van der Waals surface area contributed by atoms with Gasteiger partial charge in [-0.2, -0.15) is 0 Å². The van der Waals surface area contributed by atoms with Crippen LogP contribution in [0.3, 0.4) is 0 Å². The smallest absolute Gasteiger partial charge is 0.320 e. The fourth-order valence-corrected chi connectivity index (χ4v) is 6.26. The van der Waals surface area contributed by atoms with Crippen LogP contribution in [0.25, 0.3) is 21.0 Å². The third-order valence-electron chi connectivity index (χ3n) is 5.53. The van der Waals surface area contributed by atoms with E-state index in [-0.39, 0.29) is 6.10 Å². The summed E-state index contributed by atoms with van der Waals surface area (Å²) in [6.07, 6.45) is 3.15. The number of hydrogen-bond acceptors (Lipinski definition) is 6. The van der Waals surface area contributed by atoms with E-state index in [1.807, 2.05) is 56.4 Å². The maximum Gasteiger partial charge on any atom is 0.320 e. The van der Waals surface area contributed by atoms with Gasteiger partial charge >= 0.3 is 5.97 Å². The van der Waals surface area contributed by atoms with Crippen molar-refractivity contribution in [1.82, 2.24) is 9.71 Å². The number of rotatable bonds is 8. The molecule has 1 atom stereocenters. The fraction of sp³-hybridized carbons (Fsp3) is 0.308. The third kappa shape index (κ3) is 5.73. The van der Waals surface area contributed by atoms with Gasteiger partial charge in [-0.25, -0.2) is 18.1 Å². The Hall–Kier alpha value is -3.19. The van der Waals surface area contributed by atoms with Gasteiger partial charge in [0.25, 0.3) is 0 Å². The van der Waals surface area contributed by atoms with Crippen molar-refractivity contribution < 1.29 is 23.1 Å². The number of carbonyl (C=O) groups is 1. The molecule has 1 unspecified atom stereocenters. The molecule has 0 saturated heterocycles. The van der Waals surface area contributed by atoms with Gasteiger partial charge in [-0.15, -0.1) is 17.3 Å². The topological polar surface area (TPSA) is 106 Å². The maximum absolute atomic E-state index is 12.2. The van der Waals surface area contributed by atoms with Gasteiger partial charge in [-0.3, -0.25) is 4.79 Å². The molecule has 182 valence electrons. The number of nitrogens with zero attached hydrogens (tertiary/aromatic N) is 1. The molecule has 4 rings (SSSR count). The van der Waals surface area contributed by atoms with Crippen LogP contribution in [-0.4, -0.2) is 36.3 Å². The number of aliphatic carboxylic acids is 1. The molecule has 1 aliphatic carbocycles. The molecule has 1 aromatic heterocycles. The second kappa shape index (κ2) is 10.2. The van der Waals surface area contributed by atoms with Crippen LogP contribution in [0.4, 0.5) is 0 Å². The van der Waals surface area contributed by atoms with E-state index in [2.05, 4.69) is 21.5 Å². The standard InChI is InChI=1S/C26H26N2O5S2/c1-4-6-17-13-18(9-12-23(17)33-16(2)3)26-27-14-24(34-26)21-8-5-7-20-19(21)10-11-22(20)28-35(31,32)15-25(29)30/h5,7-9,12-14,16,22,28H,10-11,15H2,1-3H3,(H,29,30). The highest BCUT2D eigenvalue weighted by Crippen LogP contribution is 2.41. The van der Waals surface area contributed by atoms with E-state index in [0.717, 1.165) is 43.5 Å². The molecule has 0 spiro atoms. The van der Waals surface area contributed by atoms with E-state index in [1.165, 1.54) is 0 Å². The number of carboxylic acids is 1. The van der Waals surface area contributed by atoms with Crippen molar-refractivity contribution in [3.63, 3.8) is 0 Å². The highest BCUT2D eigenvalue weighted by atomic mass is 32.2. The molecule has 3 aromatic rings. The molecular weight excluding hydrogens is 484 g/mol. The summed E-state index contributed by atoms with van der Waals surface area (Å²) < 4.78 is 32.7. The SMILES string of the molecule is CC#Cc1cc(-c2ncc(-c3cccc4c3CCC4NS(=O)(=O)CC(=O)O)s2)ccc1OC(C)C. The summed E-state index contributed by atoms with van der Waals surface area (Å²) in [6, 6.07) is 11.2. The van der Waals surface area contributed by atoms with Crippen molar-refractivity contribution in [2.45, 2.75) is 45.8 Å². The number of thiazole rings is 1. The normalized spacial score (nSPS) is 14.9. The molecule has 1 heterocycles. The quantitative estimate of drug-likeness (QED) is 0.428. The Labute approximate surface area is 209 Å². The van der Waals surface area contributed by atoms with Gasteiger partial charge in [-0.05, 0) is 68.5 Å². The highest BCUT2D eigenvalue weighted by Gasteiger charge is 2.29. The van der Waals surface area contributed by atoms with Crippen molar-refractivity contribution in [3.8, 4) is 38.6 Å². The Kier molecular flexibility index (Phi) is 7.26. The molecule has 35 heavy (non-hydrogen) atoms. The van der Waals surface area contributed by atoms with E-state index in [4.69, 9.17) is 9.84 Å². The van der Waals surface area contributed by atoms with Gasteiger partial charge < -0.3 is 9.84 Å². The first-order valence-corrected chi connectivity index (χ1v) is 13.7. The summed E-state index contributed by atoms with van der Waals surface area (Å²) in [4.78, 5) is 16.5. The number of nitrogens with one attached hydrogen (secondary N) is 1. The Morgan fingerprint density at radius 2 is 2.11 bits per heavy atom. The minimum absolute atomic E-state index is 0.0438. The van der Waals surface area contributed by atoms with E-state index >= 15 is 0 Å². The number of sulfonamides is 1. The second-order valence-electron chi connectivity index (χ2n) is 8.52. The summed E-state index contributed by atoms with van der Waals surface area (Å²) in [6.45, 7) is 5.74. The van der Waals surface area contributed by atoms with Crippen LogP contribution in [0, 0.1) is 11.8 Å². The summed E-state index contributed by atoms with van der Waals surface area (Å²) in [5.74, 6) is 4.47. The van der Waals surface area contributed by atoms with Crippen molar-refractivity contribution in [1.29, 1.82) is 0 Å². The van der Waals surface area contributed by atoms with Crippen molar-refractivity contribution >= 4 is 27.3 Å². The van der Waals surface area contributed by atoms with E-state index < -0.39 is 27.8 Å². The maximum atomic E-state index is 12.2. The molecule has 0 bridgehead atoms. The number of fused-ring (bicyclic) bond motifs is 1. The van der Waals surface area contributed by atoms with Gasteiger partial charge in [0.1, 0.15) is 10.8 Å². The first-order chi connectivity index (χ1) is 16.7. The molecule has 2 N–H and O–H groups in total. The second-order valence-corrected chi connectivity index (χ2v) is 11.3. The van der Waals surface area contributed by atoms with Crippen molar-refractivity contribution in [2.75, 3.05) is 5.75 Å². The molecule has 0 fully saturated rings. The number of hydrogen-bond donors (Lipinski definition) is 2. The van der Waals surface area contributed by atoms with Crippen LogP contribution in [0.2, 0.25) is 0 Å². The van der Waals surface area contributed by atoms with Gasteiger partial charge in [-0.1, -0.05) is 24.1 Å². The van der Waals surface area contributed by atoms with Gasteiger partial charge in [0.2, 0.25) is 10.0 Å². The first-order valence-electron chi connectivity index (χ1n) is 11.2. The Bertz CT molecular complexity index is 1430. The lowest BCUT2D eigenvalue weighted by molar-refractivity contribution is -0.134. The lowest BCUT2D eigenvalue weighted by atomic mass is 10.0. The van der Waals surface area contributed by atoms with Crippen LogP contribution in [0.15, 0.2) is 42.6 Å². The summed E-state index contributed by atoms with van der Waals surface area (Å²) in [5.41, 5.74) is 4.71. The van der Waals surface area contributed by atoms with E-state index in [9.17, 15) is 13.2 Å². The van der Waals surface area contributed by atoms with E-state index in [0.29, 0.717) is 12.8 Å². The average molecular weight is 511 g/mol. The Morgan fingerprint density at radius 1 is 1.31 bits per heavy atom. The van der Waals surface area contributed by atoms with Crippen molar-refractivity contribution in [2.24, 2.45) is 0 Å². The molecule has 0 saturated carbocycles. The predicted molar refractivity (Wildman–Crippen MR) is 137 cm³/mol. The van der Waals surface area contributed by atoms with Crippen LogP contribution in [0.5, 0.6) is 5.75 Å². The third-order valence-corrected chi connectivity index (χ3v) is 7.88. The zero-order chi connectivity index (χ0) is 25.2. The lowest BCUT2D eigenvalue weighted by Gasteiger charge is -2.14. The summed E-state index contributed by atoms with van der Waals surface area (Å²) in [5, 5.41) is 9.72. The monoisotopic (exact) mass is 510 g/mol. The van der Waals surface area contributed by atoms with Crippen LogP contribution >= 0.6 is 11.3 Å². The molecule has 0 aliphatic heterocycles. The summed E-state index contributed by atoms with van der Waals surface area (Å²) >= 11 is 1.56. The summed E-state index contributed by atoms with van der Waals surface area (Å²) in [7, 11) is -3.92. The molecule has 7 nitrogen and oxygen atoms in total. The lowest BCUT2D eigenvalue weighted by Crippen LogP contribution is -2.32. The van der Waals surface area contributed by atoms with Crippen LogP contribution < -0.4 is 9.46 Å². The molecule has 0 amide bonds. The predicted octanol–water partition coefficient (Wildman–Crippen LogP) is 4.63. The zero-order valence-electron chi connectivity index (χ0n) is 19.7. The molecule has 2 aromatic carbocycles. The Balaban J connectivity index is 1.63.